The van der Waals surface area contributed by atoms with Crippen LogP contribution in [-0.4, -0.2) is 24.7 Å². The van der Waals surface area contributed by atoms with Crippen LogP contribution in [0.3, 0.4) is 0 Å². The van der Waals surface area contributed by atoms with Crippen molar-refractivity contribution in [1.29, 1.82) is 0 Å². The molecule has 0 spiro atoms. The average Bonchev–Trinajstić information content (AvgIpc) is 2.83. The van der Waals surface area contributed by atoms with Crippen molar-refractivity contribution in [2.75, 3.05) is 6.54 Å². The summed E-state index contributed by atoms with van der Waals surface area (Å²) in [4.78, 5) is 0.133. The van der Waals surface area contributed by atoms with E-state index < -0.39 is 10.0 Å². The van der Waals surface area contributed by atoms with E-state index >= 15 is 0 Å². The number of aryl methyl sites for hydroxylation is 1. The highest BCUT2D eigenvalue weighted by atomic mass is 32.2. The number of benzene rings is 1. The summed E-state index contributed by atoms with van der Waals surface area (Å²) in [6.45, 7) is 2.86. The van der Waals surface area contributed by atoms with Crippen molar-refractivity contribution in [3.05, 3.63) is 47.8 Å². The lowest BCUT2D eigenvalue weighted by molar-refractivity contribution is 0.575. The summed E-state index contributed by atoms with van der Waals surface area (Å²) >= 11 is 0. The van der Waals surface area contributed by atoms with E-state index in [1.165, 1.54) is 17.7 Å². The van der Waals surface area contributed by atoms with Crippen LogP contribution in [0.5, 0.6) is 0 Å². The number of primary sulfonamides is 1. The third-order valence-electron chi connectivity index (χ3n) is 3.33. The van der Waals surface area contributed by atoms with E-state index in [1.54, 1.807) is 16.8 Å². The molecule has 1 aromatic heterocycles. The number of nitrogens with one attached hydrogen (secondary N) is 1. The molecule has 6 nitrogen and oxygen atoms in total. The molecule has 2 aromatic rings. The van der Waals surface area contributed by atoms with Crippen LogP contribution in [0.2, 0.25) is 0 Å². The predicted octanol–water partition coefficient (Wildman–Crippen LogP) is 0.961. The topological polar surface area (TPSA) is 90.0 Å². The van der Waals surface area contributed by atoms with Gasteiger partial charge >= 0.3 is 0 Å². The number of aromatic nitrogens is 2. The number of sulfonamides is 1. The lowest BCUT2D eigenvalue weighted by Crippen LogP contribution is -2.21. The second kappa shape index (κ2) is 6.38. The summed E-state index contributed by atoms with van der Waals surface area (Å²) in [5, 5.41) is 12.6. The summed E-state index contributed by atoms with van der Waals surface area (Å²) in [6, 6.07) is 6.76. The Morgan fingerprint density at radius 1 is 1.33 bits per heavy atom. The van der Waals surface area contributed by atoms with Gasteiger partial charge in [0, 0.05) is 19.3 Å². The molecular formula is C14H20N4O2S. The molecule has 1 atom stereocenters. The molecule has 0 saturated heterocycles. The summed E-state index contributed by atoms with van der Waals surface area (Å²) in [5.74, 6) is 0. The van der Waals surface area contributed by atoms with Gasteiger partial charge in [-0.3, -0.25) is 4.68 Å². The molecule has 0 fully saturated rings. The Morgan fingerprint density at radius 3 is 2.52 bits per heavy atom. The van der Waals surface area contributed by atoms with Crippen LogP contribution in [-0.2, 0) is 23.5 Å². The zero-order valence-electron chi connectivity index (χ0n) is 12.2. The largest absolute Gasteiger partial charge is 0.310 e. The Bertz CT molecular complexity index is 692. The fourth-order valence-electron chi connectivity index (χ4n) is 2.10. The third kappa shape index (κ3) is 4.38. The van der Waals surface area contributed by atoms with Gasteiger partial charge in [-0.2, -0.15) is 5.10 Å². The SMILES string of the molecule is CC(NCCc1cnn(C)c1)c1ccc(S(N)(=O)=O)cc1. The van der Waals surface area contributed by atoms with Crippen molar-refractivity contribution in [3.8, 4) is 0 Å². The molecule has 114 valence electrons. The maximum absolute atomic E-state index is 11.2. The zero-order chi connectivity index (χ0) is 15.5. The quantitative estimate of drug-likeness (QED) is 0.831. The van der Waals surface area contributed by atoms with Crippen LogP contribution in [0.15, 0.2) is 41.6 Å². The van der Waals surface area contributed by atoms with Gasteiger partial charge in [-0.05, 0) is 43.1 Å². The first-order valence-corrected chi connectivity index (χ1v) is 8.24. The lowest BCUT2D eigenvalue weighted by atomic mass is 10.1. The number of nitrogens with two attached hydrogens (primary N) is 1. The molecule has 0 aliphatic heterocycles. The molecule has 1 aromatic carbocycles. The molecule has 7 heteroatoms. The summed E-state index contributed by atoms with van der Waals surface area (Å²) in [6.07, 6.45) is 4.74. The first kappa shape index (κ1) is 15.7. The van der Waals surface area contributed by atoms with E-state index in [0.717, 1.165) is 18.5 Å². The number of rotatable bonds is 6. The average molecular weight is 308 g/mol. The standard InChI is InChI=1S/C14H20N4O2S/c1-11(16-8-7-12-9-17-18(2)10-12)13-3-5-14(6-4-13)21(15,19)20/h3-6,9-11,16H,7-8H2,1-2H3,(H2,15,19,20). The molecule has 0 amide bonds. The van der Waals surface area contributed by atoms with Gasteiger partial charge in [0.05, 0.1) is 11.1 Å². The molecule has 0 bridgehead atoms. The van der Waals surface area contributed by atoms with Crippen LogP contribution in [0.4, 0.5) is 0 Å². The minimum atomic E-state index is -3.63. The van der Waals surface area contributed by atoms with Crippen LogP contribution in [0.25, 0.3) is 0 Å². The smallest absolute Gasteiger partial charge is 0.238 e. The van der Waals surface area contributed by atoms with Gasteiger partial charge in [-0.25, -0.2) is 13.6 Å². The fourth-order valence-corrected chi connectivity index (χ4v) is 2.61. The maximum atomic E-state index is 11.2. The normalized spacial score (nSPS) is 13.3. The fraction of sp³-hybridized carbons (Fsp3) is 0.357. The molecule has 0 aliphatic rings. The van der Waals surface area contributed by atoms with E-state index in [2.05, 4.69) is 10.4 Å². The molecule has 0 aliphatic carbocycles. The highest BCUT2D eigenvalue weighted by Crippen LogP contribution is 2.15. The monoisotopic (exact) mass is 308 g/mol. The van der Waals surface area contributed by atoms with Crippen LogP contribution in [0.1, 0.15) is 24.1 Å². The lowest BCUT2D eigenvalue weighted by Gasteiger charge is -2.14. The van der Waals surface area contributed by atoms with Crippen LogP contribution >= 0.6 is 0 Å². The Labute approximate surface area is 125 Å². The van der Waals surface area contributed by atoms with E-state index in [-0.39, 0.29) is 10.9 Å². The van der Waals surface area contributed by atoms with Gasteiger partial charge in [-0.15, -0.1) is 0 Å². The first-order valence-electron chi connectivity index (χ1n) is 6.70. The number of hydrogen-bond acceptors (Lipinski definition) is 4. The molecule has 0 saturated carbocycles. The highest BCUT2D eigenvalue weighted by Gasteiger charge is 2.09. The molecular weight excluding hydrogens is 288 g/mol. The second-order valence-electron chi connectivity index (χ2n) is 5.06. The van der Waals surface area contributed by atoms with Gasteiger partial charge in [0.25, 0.3) is 0 Å². The van der Waals surface area contributed by atoms with Crippen molar-refractivity contribution >= 4 is 10.0 Å². The minimum absolute atomic E-state index is 0.133. The maximum Gasteiger partial charge on any atom is 0.238 e. The molecule has 21 heavy (non-hydrogen) atoms. The summed E-state index contributed by atoms with van der Waals surface area (Å²) in [5.41, 5.74) is 2.20. The van der Waals surface area contributed by atoms with Crippen molar-refractivity contribution in [2.45, 2.75) is 24.3 Å². The van der Waals surface area contributed by atoms with Gasteiger partial charge in [0.15, 0.2) is 0 Å². The van der Waals surface area contributed by atoms with Crippen molar-refractivity contribution in [1.82, 2.24) is 15.1 Å². The Morgan fingerprint density at radius 2 is 2.00 bits per heavy atom. The second-order valence-corrected chi connectivity index (χ2v) is 6.62. The zero-order valence-corrected chi connectivity index (χ0v) is 13.0. The Kier molecular flexibility index (Phi) is 4.76. The van der Waals surface area contributed by atoms with Crippen molar-refractivity contribution < 1.29 is 8.42 Å². The molecule has 3 N–H and O–H groups in total. The minimum Gasteiger partial charge on any atom is -0.310 e. The number of hydrogen-bond donors (Lipinski definition) is 2. The molecule has 1 heterocycles. The van der Waals surface area contributed by atoms with Gasteiger partial charge < -0.3 is 5.32 Å². The summed E-state index contributed by atoms with van der Waals surface area (Å²) in [7, 11) is -1.73. The summed E-state index contributed by atoms with van der Waals surface area (Å²) < 4.78 is 24.2. The van der Waals surface area contributed by atoms with Crippen molar-refractivity contribution in [3.63, 3.8) is 0 Å². The van der Waals surface area contributed by atoms with E-state index in [0.29, 0.717) is 0 Å². The predicted molar refractivity (Wildman–Crippen MR) is 81.1 cm³/mol. The van der Waals surface area contributed by atoms with Gasteiger partial charge in [0.1, 0.15) is 0 Å². The Hall–Kier alpha value is -1.70. The van der Waals surface area contributed by atoms with E-state index in [9.17, 15) is 8.42 Å². The number of nitrogens with zero attached hydrogens (tertiary/aromatic N) is 2. The van der Waals surface area contributed by atoms with Crippen LogP contribution < -0.4 is 10.5 Å². The third-order valence-corrected chi connectivity index (χ3v) is 4.26. The molecule has 2 rings (SSSR count). The molecule has 1 unspecified atom stereocenters. The first-order chi connectivity index (χ1) is 9.86. The van der Waals surface area contributed by atoms with E-state index in [4.69, 9.17) is 5.14 Å². The molecule has 0 radical (unpaired) electrons. The van der Waals surface area contributed by atoms with E-state index in [1.807, 2.05) is 26.4 Å². The van der Waals surface area contributed by atoms with Gasteiger partial charge in [-0.1, -0.05) is 12.1 Å². The van der Waals surface area contributed by atoms with Crippen LogP contribution in [0, 0.1) is 0 Å². The van der Waals surface area contributed by atoms with Crippen molar-refractivity contribution in [2.24, 2.45) is 12.2 Å². The Balaban J connectivity index is 1.89. The highest BCUT2D eigenvalue weighted by molar-refractivity contribution is 7.89. The van der Waals surface area contributed by atoms with Gasteiger partial charge in [0.2, 0.25) is 10.0 Å².